The van der Waals surface area contributed by atoms with Gasteiger partial charge in [-0.3, -0.25) is 19.2 Å². The zero-order valence-corrected chi connectivity index (χ0v) is 24.5. The number of aliphatic carboxylic acids is 1. The standard InChI is InChI=1S/C30H47NO8/c1-8-19(5)14-26(33)38-23-12-11-22(16-24(23)39-27(34)15-20(6)9-2)28(29(31)30(35)36)21(7)17-37-25(32)13-10-18(3)4/h11-12,16,18-21,28-29H,8-10,13-15,17,31H2,1-7H3,(H,35,36)/t19?,20?,21?,28?,29-/m0/s1. The highest BCUT2D eigenvalue weighted by Gasteiger charge is 2.33. The highest BCUT2D eigenvalue weighted by atomic mass is 16.6. The summed E-state index contributed by atoms with van der Waals surface area (Å²) in [6.45, 7) is 13.5. The predicted molar refractivity (Wildman–Crippen MR) is 148 cm³/mol. The lowest BCUT2D eigenvalue weighted by molar-refractivity contribution is -0.145. The van der Waals surface area contributed by atoms with Gasteiger partial charge in [0.05, 0.1) is 6.61 Å². The van der Waals surface area contributed by atoms with E-state index in [1.807, 2.05) is 41.5 Å². The van der Waals surface area contributed by atoms with E-state index in [-0.39, 0.29) is 55.2 Å². The van der Waals surface area contributed by atoms with Crippen molar-refractivity contribution in [1.82, 2.24) is 0 Å². The summed E-state index contributed by atoms with van der Waals surface area (Å²) in [5.74, 6) is -3.14. The molecule has 0 fully saturated rings. The lowest BCUT2D eigenvalue weighted by Crippen LogP contribution is -2.40. The van der Waals surface area contributed by atoms with Crippen LogP contribution >= 0.6 is 0 Å². The Hall–Kier alpha value is -2.94. The lowest BCUT2D eigenvalue weighted by atomic mass is 9.82. The van der Waals surface area contributed by atoms with E-state index >= 15 is 0 Å². The van der Waals surface area contributed by atoms with Crippen molar-refractivity contribution in [3.05, 3.63) is 23.8 Å². The summed E-state index contributed by atoms with van der Waals surface area (Å²) >= 11 is 0. The molecule has 0 spiro atoms. The largest absolute Gasteiger partial charge is 0.480 e. The van der Waals surface area contributed by atoms with E-state index < -0.39 is 35.8 Å². The van der Waals surface area contributed by atoms with Gasteiger partial charge in [0.25, 0.3) is 0 Å². The van der Waals surface area contributed by atoms with Gasteiger partial charge in [0.15, 0.2) is 11.5 Å². The fraction of sp³-hybridized carbons (Fsp3) is 0.667. The number of carboxylic acid groups (broad SMARTS) is 1. The number of hydrogen-bond donors (Lipinski definition) is 2. The van der Waals surface area contributed by atoms with Crippen LogP contribution in [0.5, 0.6) is 11.5 Å². The first kappa shape index (κ1) is 34.1. The first-order chi connectivity index (χ1) is 18.3. The first-order valence-electron chi connectivity index (χ1n) is 14.0. The second kappa shape index (κ2) is 16.9. The van der Waals surface area contributed by atoms with E-state index in [4.69, 9.17) is 19.9 Å². The van der Waals surface area contributed by atoms with Crippen LogP contribution in [0, 0.1) is 23.7 Å². The van der Waals surface area contributed by atoms with Gasteiger partial charge < -0.3 is 25.1 Å². The van der Waals surface area contributed by atoms with Gasteiger partial charge in [-0.15, -0.1) is 0 Å². The highest BCUT2D eigenvalue weighted by Crippen LogP contribution is 2.36. The zero-order chi connectivity index (χ0) is 29.7. The molecule has 3 N–H and O–H groups in total. The molecular weight excluding hydrogens is 502 g/mol. The fourth-order valence-corrected chi connectivity index (χ4v) is 3.93. The third-order valence-corrected chi connectivity index (χ3v) is 6.94. The molecule has 9 nitrogen and oxygen atoms in total. The van der Waals surface area contributed by atoms with Crippen molar-refractivity contribution in [3.63, 3.8) is 0 Å². The molecule has 39 heavy (non-hydrogen) atoms. The molecule has 220 valence electrons. The quantitative estimate of drug-likeness (QED) is 0.191. The van der Waals surface area contributed by atoms with Crippen LogP contribution in [0.4, 0.5) is 0 Å². The summed E-state index contributed by atoms with van der Waals surface area (Å²) < 4.78 is 16.6. The monoisotopic (exact) mass is 549 g/mol. The molecule has 1 aromatic rings. The molecule has 1 rings (SSSR count). The molecule has 9 heteroatoms. The molecule has 5 atom stereocenters. The summed E-state index contributed by atoms with van der Waals surface area (Å²) in [6.07, 6.45) is 2.92. The number of carbonyl (C=O) groups is 4. The van der Waals surface area contributed by atoms with Crippen LogP contribution in [0.2, 0.25) is 0 Å². The van der Waals surface area contributed by atoms with E-state index in [0.29, 0.717) is 17.9 Å². The Morgan fingerprint density at radius 1 is 0.846 bits per heavy atom. The summed E-state index contributed by atoms with van der Waals surface area (Å²) in [6, 6.07) is 3.25. The highest BCUT2D eigenvalue weighted by molar-refractivity contribution is 5.77. The van der Waals surface area contributed by atoms with Crippen molar-refractivity contribution in [2.24, 2.45) is 29.4 Å². The Bertz CT molecular complexity index is 960. The van der Waals surface area contributed by atoms with E-state index in [9.17, 15) is 24.3 Å². The van der Waals surface area contributed by atoms with Gasteiger partial charge in [0.2, 0.25) is 0 Å². The van der Waals surface area contributed by atoms with E-state index in [1.165, 1.54) is 12.1 Å². The Morgan fingerprint density at radius 3 is 1.87 bits per heavy atom. The number of nitrogens with two attached hydrogens (primary N) is 1. The fourth-order valence-electron chi connectivity index (χ4n) is 3.93. The Kier molecular flexibility index (Phi) is 14.8. The average Bonchev–Trinajstić information content (AvgIpc) is 2.87. The van der Waals surface area contributed by atoms with E-state index in [2.05, 4.69) is 0 Å². The van der Waals surface area contributed by atoms with Crippen LogP contribution in [0.3, 0.4) is 0 Å². The van der Waals surface area contributed by atoms with Crippen LogP contribution in [-0.2, 0) is 23.9 Å². The van der Waals surface area contributed by atoms with Crippen molar-refractivity contribution in [1.29, 1.82) is 0 Å². The molecule has 0 aliphatic heterocycles. The average molecular weight is 550 g/mol. The minimum Gasteiger partial charge on any atom is -0.480 e. The number of benzene rings is 1. The van der Waals surface area contributed by atoms with E-state index in [0.717, 1.165) is 12.8 Å². The summed E-state index contributed by atoms with van der Waals surface area (Å²) in [5.41, 5.74) is 6.55. The third-order valence-electron chi connectivity index (χ3n) is 6.94. The van der Waals surface area contributed by atoms with Gasteiger partial charge >= 0.3 is 23.9 Å². The minimum absolute atomic E-state index is 0.0158. The van der Waals surface area contributed by atoms with Crippen molar-refractivity contribution >= 4 is 23.9 Å². The van der Waals surface area contributed by atoms with Gasteiger partial charge in [-0.1, -0.05) is 67.4 Å². The van der Waals surface area contributed by atoms with Crippen molar-refractivity contribution in [2.45, 2.75) is 99.0 Å². The van der Waals surface area contributed by atoms with Gasteiger partial charge in [0, 0.05) is 25.2 Å². The maximum absolute atomic E-state index is 12.6. The topological polar surface area (TPSA) is 142 Å². The van der Waals surface area contributed by atoms with E-state index in [1.54, 1.807) is 13.0 Å². The molecule has 0 aliphatic carbocycles. The summed E-state index contributed by atoms with van der Waals surface area (Å²) in [5, 5.41) is 9.72. The molecule has 0 saturated carbocycles. The molecule has 0 heterocycles. The molecule has 0 saturated heterocycles. The molecule has 0 aliphatic rings. The molecule has 0 aromatic heterocycles. The Balaban J connectivity index is 3.32. The lowest BCUT2D eigenvalue weighted by Gasteiger charge is -2.28. The minimum atomic E-state index is -1.32. The van der Waals surface area contributed by atoms with Crippen LogP contribution in [-0.4, -0.2) is 41.6 Å². The number of esters is 3. The zero-order valence-electron chi connectivity index (χ0n) is 24.5. The SMILES string of the molecule is CCC(C)CC(=O)Oc1ccc(C(C(C)COC(=O)CCC(C)C)[C@H](N)C(=O)O)cc1OC(=O)CC(C)CC. The second-order valence-electron chi connectivity index (χ2n) is 11.1. The number of carbonyl (C=O) groups excluding carboxylic acids is 3. The smallest absolute Gasteiger partial charge is 0.321 e. The molecule has 0 radical (unpaired) electrons. The number of ether oxygens (including phenoxy) is 3. The predicted octanol–water partition coefficient (Wildman–Crippen LogP) is 5.48. The Morgan fingerprint density at radius 2 is 1.38 bits per heavy atom. The third kappa shape index (κ3) is 12.2. The summed E-state index contributed by atoms with van der Waals surface area (Å²) in [7, 11) is 0. The maximum Gasteiger partial charge on any atom is 0.321 e. The van der Waals surface area contributed by atoms with Crippen molar-refractivity contribution < 1.29 is 38.5 Å². The van der Waals surface area contributed by atoms with Gasteiger partial charge in [0.1, 0.15) is 6.04 Å². The Labute approximate surface area is 232 Å². The first-order valence-corrected chi connectivity index (χ1v) is 14.0. The molecule has 0 amide bonds. The molecule has 4 unspecified atom stereocenters. The van der Waals surface area contributed by atoms with Crippen molar-refractivity contribution in [3.8, 4) is 11.5 Å². The van der Waals surface area contributed by atoms with Crippen LogP contribution < -0.4 is 15.2 Å². The number of rotatable bonds is 17. The number of hydrogen-bond acceptors (Lipinski definition) is 8. The van der Waals surface area contributed by atoms with Crippen LogP contribution in [0.25, 0.3) is 0 Å². The molecule has 0 bridgehead atoms. The molecular formula is C30H47NO8. The summed E-state index contributed by atoms with van der Waals surface area (Å²) in [4.78, 5) is 49.2. The molecule has 1 aromatic carbocycles. The second-order valence-corrected chi connectivity index (χ2v) is 11.1. The van der Waals surface area contributed by atoms with Gasteiger partial charge in [-0.25, -0.2) is 0 Å². The maximum atomic E-state index is 12.6. The van der Waals surface area contributed by atoms with Gasteiger partial charge in [-0.2, -0.15) is 0 Å². The van der Waals surface area contributed by atoms with Crippen molar-refractivity contribution in [2.75, 3.05) is 6.61 Å². The number of carboxylic acids is 1. The van der Waals surface area contributed by atoms with Gasteiger partial charge in [-0.05, 0) is 47.8 Å². The van der Waals surface area contributed by atoms with Crippen LogP contribution in [0.15, 0.2) is 18.2 Å². The van der Waals surface area contributed by atoms with Crippen LogP contribution in [0.1, 0.15) is 98.5 Å². The normalized spacial score (nSPS) is 15.1.